The smallest absolute Gasteiger partial charge is 0.416 e. The van der Waals surface area contributed by atoms with Crippen molar-refractivity contribution in [2.24, 2.45) is 0 Å². The highest BCUT2D eigenvalue weighted by Crippen LogP contribution is 2.32. The number of hydrogen-bond donors (Lipinski definition) is 0. The van der Waals surface area contributed by atoms with Crippen LogP contribution in [0.5, 0.6) is 0 Å². The first-order valence-electron chi connectivity index (χ1n) is 11.6. The van der Waals surface area contributed by atoms with Gasteiger partial charge in [0.05, 0.1) is 11.1 Å². The minimum absolute atomic E-state index is 0.107. The quantitative estimate of drug-likeness (QED) is 0.366. The lowest BCUT2D eigenvalue weighted by Gasteiger charge is -2.36. The summed E-state index contributed by atoms with van der Waals surface area (Å²) in [6.45, 7) is 6.21. The van der Waals surface area contributed by atoms with Gasteiger partial charge in [0.15, 0.2) is 5.58 Å². The van der Waals surface area contributed by atoms with E-state index < -0.39 is 11.7 Å². The van der Waals surface area contributed by atoms with Gasteiger partial charge in [-0.25, -0.2) is 0 Å². The van der Waals surface area contributed by atoms with Crippen molar-refractivity contribution in [1.82, 2.24) is 9.47 Å². The van der Waals surface area contributed by atoms with E-state index in [1.54, 1.807) is 17.0 Å². The fourth-order valence-electron chi connectivity index (χ4n) is 4.60. The maximum atomic E-state index is 13.5. The molecule has 2 aromatic carbocycles. The lowest BCUT2D eigenvalue weighted by Crippen LogP contribution is -2.49. The Balaban J connectivity index is 1.36. The molecule has 8 heteroatoms. The molecule has 3 heterocycles. The Labute approximate surface area is 201 Å². The lowest BCUT2D eigenvalue weighted by atomic mass is 10.1. The van der Waals surface area contributed by atoms with E-state index in [1.807, 2.05) is 41.5 Å². The number of aryl methyl sites for hydroxylation is 2. The molecule has 5 rings (SSSR count). The minimum atomic E-state index is -4.38. The molecular formula is C27H26F3N3O2. The van der Waals surface area contributed by atoms with Crippen LogP contribution in [-0.4, -0.2) is 41.6 Å². The van der Waals surface area contributed by atoms with Crippen molar-refractivity contribution < 1.29 is 22.4 Å². The Kier molecular flexibility index (Phi) is 5.83. The molecule has 0 saturated carbocycles. The molecule has 0 aliphatic carbocycles. The number of fused-ring (bicyclic) bond motifs is 1. The Bertz CT molecular complexity index is 1360. The summed E-state index contributed by atoms with van der Waals surface area (Å²) in [6, 6.07) is 17.3. The van der Waals surface area contributed by atoms with E-state index in [0.29, 0.717) is 49.7 Å². The zero-order chi connectivity index (χ0) is 24.7. The van der Waals surface area contributed by atoms with E-state index >= 15 is 0 Å². The topological polar surface area (TPSA) is 41.6 Å². The summed E-state index contributed by atoms with van der Waals surface area (Å²) in [6.07, 6.45) is -4.38. The molecule has 4 aromatic rings. The van der Waals surface area contributed by atoms with E-state index in [0.717, 1.165) is 22.9 Å². The summed E-state index contributed by atoms with van der Waals surface area (Å²) in [5.74, 6) is 0.672. The van der Waals surface area contributed by atoms with Crippen LogP contribution in [0.15, 0.2) is 65.1 Å². The highest BCUT2D eigenvalue weighted by molar-refractivity contribution is 5.98. The average molecular weight is 482 g/mol. The van der Waals surface area contributed by atoms with Crippen LogP contribution in [0.2, 0.25) is 0 Å². The first-order valence-corrected chi connectivity index (χ1v) is 11.6. The van der Waals surface area contributed by atoms with Crippen LogP contribution in [0, 0.1) is 13.8 Å². The van der Waals surface area contributed by atoms with Gasteiger partial charge in [0.2, 0.25) is 0 Å². The summed E-state index contributed by atoms with van der Waals surface area (Å²) in [4.78, 5) is 17.2. The van der Waals surface area contributed by atoms with Gasteiger partial charge in [-0.05, 0) is 37.6 Å². The summed E-state index contributed by atoms with van der Waals surface area (Å²) in [7, 11) is 0. The van der Waals surface area contributed by atoms with E-state index in [9.17, 15) is 18.0 Å². The monoisotopic (exact) mass is 481 g/mol. The van der Waals surface area contributed by atoms with Crippen LogP contribution in [0.4, 0.5) is 18.9 Å². The average Bonchev–Trinajstić information content (AvgIpc) is 3.36. The second-order valence-electron chi connectivity index (χ2n) is 9.04. The van der Waals surface area contributed by atoms with Crippen molar-refractivity contribution >= 4 is 22.7 Å². The van der Waals surface area contributed by atoms with E-state index in [2.05, 4.69) is 12.1 Å². The van der Waals surface area contributed by atoms with Crippen LogP contribution in [-0.2, 0) is 12.7 Å². The van der Waals surface area contributed by atoms with Gasteiger partial charge in [0.1, 0.15) is 11.5 Å². The predicted molar refractivity (Wildman–Crippen MR) is 129 cm³/mol. The predicted octanol–water partition coefficient (Wildman–Crippen LogP) is 5.88. The summed E-state index contributed by atoms with van der Waals surface area (Å²) >= 11 is 0. The maximum Gasteiger partial charge on any atom is 0.416 e. The van der Waals surface area contributed by atoms with Gasteiger partial charge in [-0.2, -0.15) is 13.2 Å². The number of carbonyl (C=O) groups excluding carboxylic acids is 1. The lowest BCUT2D eigenvalue weighted by molar-refractivity contribution is -0.137. The zero-order valence-corrected chi connectivity index (χ0v) is 19.6. The Morgan fingerprint density at radius 1 is 0.943 bits per heavy atom. The first-order chi connectivity index (χ1) is 16.7. The fourth-order valence-corrected chi connectivity index (χ4v) is 4.60. The van der Waals surface area contributed by atoms with E-state index in [1.165, 1.54) is 17.7 Å². The molecule has 1 amide bonds. The number of carbonyl (C=O) groups is 1. The standard InChI is InChI=1S/C27H26F3N3O2/c1-18-6-8-20(9-7-18)17-33-23-14-19(2)35-25(23)16-24(33)26(34)32-12-10-31(11-13-32)22-5-3-4-21(15-22)27(28,29)30/h3-9,14-16H,10-13,17H2,1-2H3. The number of amides is 1. The molecule has 1 aliphatic heterocycles. The van der Waals surface area contributed by atoms with Crippen LogP contribution in [0.25, 0.3) is 11.1 Å². The second kappa shape index (κ2) is 8.83. The zero-order valence-electron chi connectivity index (χ0n) is 19.6. The molecule has 35 heavy (non-hydrogen) atoms. The third-order valence-corrected chi connectivity index (χ3v) is 6.50. The van der Waals surface area contributed by atoms with E-state index in [4.69, 9.17) is 4.42 Å². The highest BCUT2D eigenvalue weighted by atomic mass is 19.4. The number of furan rings is 1. The van der Waals surface area contributed by atoms with Gasteiger partial charge >= 0.3 is 6.18 Å². The molecule has 0 radical (unpaired) electrons. The Hall–Kier alpha value is -3.68. The molecule has 1 fully saturated rings. The number of alkyl halides is 3. The molecule has 2 aromatic heterocycles. The number of halogens is 3. The maximum absolute atomic E-state index is 13.5. The molecule has 0 unspecified atom stereocenters. The molecule has 0 atom stereocenters. The molecule has 182 valence electrons. The third kappa shape index (κ3) is 4.65. The molecule has 1 saturated heterocycles. The summed E-state index contributed by atoms with van der Waals surface area (Å²) in [5.41, 5.74) is 4.18. The van der Waals surface area contributed by atoms with Gasteiger partial charge < -0.3 is 18.8 Å². The Morgan fingerprint density at radius 2 is 1.66 bits per heavy atom. The van der Waals surface area contributed by atoms with Crippen LogP contribution < -0.4 is 4.90 Å². The SMILES string of the molecule is Cc1ccc(Cn2c(C(=O)N3CCN(c4cccc(C(F)(F)F)c4)CC3)cc3oc(C)cc32)cc1. The van der Waals surface area contributed by atoms with Crippen molar-refractivity contribution in [3.63, 3.8) is 0 Å². The minimum Gasteiger partial charge on any atom is -0.460 e. The fraction of sp³-hybridized carbons (Fsp3) is 0.296. The van der Waals surface area contributed by atoms with Crippen molar-refractivity contribution in [1.29, 1.82) is 0 Å². The van der Waals surface area contributed by atoms with E-state index in [-0.39, 0.29) is 5.91 Å². The van der Waals surface area contributed by atoms with Crippen LogP contribution >= 0.6 is 0 Å². The molecule has 0 spiro atoms. The number of piperazine rings is 1. The van der Waals surface area contributed by atoms with Gasteiger partial charge in [0, 0.05) is 50.5 Å². The van der Waals surface area contributed by atoms with Crippen molar-refractivity contribution in [3.05, 3.63) is 88.8 Å². The molecule has 0 N–H and O–H groups in total. The molecular weight excluding hydrogens is 455 g/mol. The van der Waals surface area contributed by atoms with Crippen LogP contribution in [0.1, 0.15) is 32.9 Å². The van der Waals surface area contributed by atoms with Crippen molar-refractivity contribution in [2.45, 2.75) is 26.6 Å². The number of nitrogens with zero attached hydrogens (tertiary/aromatic N) is 3. The normalized spacial score (nSPS) is 14.7. The van der Waals surface area contributed by atoms with Crippen LogP contribution in [0.3, 0.4) is 0 Å². The van der Waals surface area contributed by atoms with Crippen molar-refractivity contribution in [2.75, 3.05) is 31.1 Å². The molecule has 1 aliphatic rings. The van der Waals surface area contributed by atoms with Crippen molar-refractivity contribution in [3.8, 4) is 0 Å². The van der Waals surface area contributed by atoms with Gasteiger partial charge in [-0.3, -0.25) is 4.79 Å². The first kappa shape index (κ1) is 23.1. The number of benzene rings is 2. The van der Waals surface area contributed by atoms with Gasteiger partial charge in [0.25, 0.3) is 5.91 Å². The number of anilines is 1. The Morgan fingerprint density at radius 3 is 2.34 bits per heavy atom. The largest absolute Gasteiger partial charge is 0.460 e. The van der Waals surface area contributed by atoms with Gasteiger partial charge in [-0.15, -0.1) is 0 Å². The summed E-state index contributed by atoms with van der Waals surface area (Å²) in [5, 5.41) is 0. The number of aromatic nitrogens is 1. The second-order valence-corrected chi connectivity index (χ2v) is 9.04. The molecule has 0 bridgehead atoms. The highest BCUT2D eigenvalue weighted by Gasteiger charge is 2.32. The molecule has 5 nitrogen and oxygen atoms in total. The number of rotatable bonds is 4. The third-order valence-electron chi connectivity index (χ3n) is 6.50. The number of hydrogen-bond acceptors (Lipinski definition) is 3. The summed E-state index contributed by atoms with van der Waals surface area (Å²) < 4.78 is 47.1. The van der Waals surface area contributed by atoms with Gasteiger partial charge in [-0.1, -0.05) is 35.9 Å².